The molecule has 0 aliphatic heterocycles. The molecule has 3 heterocycles. The van der Waals surface area contributed by atoms with Gasteiger partial charge >= 0.3 is 6.09 Å². The van der Waals surface area contributed by atoms with Gasteiger partial charge in [0.25, 0.3) is 0 Å². The lowest BCUT2D eigenvalue weighted by atomic mass is 10.2. The van der Waals surface area contributed by atoms with Gasteiger partial charge < -0.3 is 9.72 Å². The van der Waals surface area contributed by atoms with Crippen LogP contribution in [0.2, 0.25) is 0 Å². The minimum absolute atomic E-state index is 0.340. The number of rotatable bonds is 0. The number of hydrogen-bond donors (Lipinski definition) is 1. The van der Waals surface area contributed by atoms with Gasteiger partial charge in [-0.3, -0.25) is 4.57 Å². The van der Waals surface area contributed by atoms with Gasteiger partial charge in [0.15, 0.2) is 0 Å². The third-order valence-electron chi connectivity index (χ3n) is 2.70. The molecule has 0 aliphatic carbocycles. The Morgan fingerprint density at radius 2 is 1.71 bits per heavy atom. The maximum Gasteiger partial charge on any atom is 0.418 e. The van der Waals surface area contributed by atoms with Crippen molar-refractivity contribution >= 4 is 27.9 Å². The first-order valence-electron chi connectivity index (χ1n) is 5.59. The van der Waals surface area contributed by atoms with Crippen molar-refractivity contribution in [2.75, 3.05) is 0 Å². The molecule has 3 rings (SSSR count). The van der Waals surface area contributed by atoms with Crippen LogP contribution in [0.15, 0.2) is 24.5 Å². The molecule has 1 N–H and O–H groups in total. The van der Waals surface area contributed by atoms with E-state index in [9.17, 15) is 4.79 Å². The number of benzene rings is 1. The second kappa shape index (κ2) is 3.03. The molecule has 3 aromatic rings. The fourth-order valence-electron chi connectivity index (χ4n) is 2.01. The van der Waals surface area contributed by atoms with E-state index in [2.05, 4.69) is 4.98 Å². The lowest BCUT2D eigenvalue weighted by Gasteiger charge is -2.19. The molecule has 0 saturated carbocycles. The van der Waals surface area contributed by atoms with Crippen LogP contribution in [0, 0.1) is 0 Å². The summed E-state index contributed by atoms with van der Waals surface area (Å²) in [4.78, 5) is 15.1. The molecule has 2 bridgehead atoms. The average molecular weight is 230 g/mol. The number of aromatic nitrogens is 2. The van der Waals surface area contributed by atoms with Crippen molar-refractivity contribution in [3.8, 4) is 0 Å². The number of ether oxygens (including phenoxy) is 1. The molecule has 4 nitrogen and oxygen atoms in total. The smallest absolute Gasteiger partial charge is 0.418 e. The molecule has 0 saturated heterocycles. The molecule has 0 spiro atoms. The van der Waals surface area contributed by atoms with E-state index < -0.39 is 5.60 Å². The SMILES string of the molecule is CC(C)(C)OC(=O)n1cc2c3ccc([nH]3)c2c1. The molecule has 88 valence electrons. The van der Waals surface area contributed by atoms with E-state index in [0.717, 1.165) is 21.8 Å². The Balaban J connectivity index is 2.01. The highest BCUT2D eigenvalue weighted by Gasteiger charge is 2.19. The molecular weight excluding hydrogens is 216 g/mol. The molecule has 0 fully saturated rings. The molecule has 0 atom stereocenters. The van der Waals surface area contributed by atoms with Crippen LogP contribution in [-0.2, 0) is 4.74 Å². The van der Waals surface area contributed by atoms with Gasteiger partial charge in [-0.25, -0.2) is 4.79 Å². The Labute approximate surface area is 98.5 Å². The summed E-state index contributed by atoms with van der Waals surface area (Å²) in [6.07, 6.45) is 3.28. The summed E-state index contributed by atoms with van der Waals surface area (Å²) in [7, 11) is 0. The second-order valence-corrected chi connectivity index (χ2v) is 5.26. The number of H-pyrrole nitrogens is 1. The molecule has 4 heteroatoms. The minimum atomic E-state index is -0.471. The zero-order valence-electron chi connectivity index (χ0n) is 10.1. The fraction of sp³-hybridized carbons (Fsp3) is 0.308. The summed E-state index contributed by atoms with van der Waals surface area (Å²) in [5, 5.41) is 2.13. The van der Waals surface area contributed by atoms with Gasteiger partial charge in [-0.05, 0) is 32.9 Å². The van der Waals surface area contributed by atoms with Crippen molar-refractivity contribution in [2.24, 2.45) is 0 Å². The molecular formula is C13H14N2O2. The zero-order valence-corrected chi connectivity index (χ0v) is 10.1. The molecule has 3 aromatic heterocycles. The Morgan fingerprint density at radius 1 is 1.18 bits per heavy atom. The molecule has 17 heavy (non-hydrogen) atoms. The molecule has 0 aromatic carbocycles. The number of carbonyl (C=O) groups is 1. The van der Waals surface area contributed by atoms with Crippen LogP contribution in [-0.4, -0.2) is 21.2 Å². The van der Waals surface area contributed by atoms with E-state index in [1.54, 1.807) is 0 Å². The number of fused-ring (bicyclic) bond motifs is 5. The average Bonchev–Trinajstić information content (AvgIpc) is 2.87. The Hall–Kier alpha value is -1.97. The van der Waals surface area contributed by atoms with E-state index in [-0.39, 0.29) is 6.09 Å². The van der Waals surface area contributed by atoms with Crippen LogP contribution in [0.25, 0.3) is 21.8 Å². The largest absolute Gasteiger partial charge is 0.443 e. The zero-order chi connectivity index (χ0) is 12.2. The predicted octanol–water partition coefficient (Wildman–Crippen LogP) is 3.34. The maximum atomic E-state index is 11.9. The number of hydrogen-bond acceptors (Lipinski definition) is 2. The number of nitrogens with zero attached hydrogens (tertiary/aromatic N) is 1. The van der Waals surface area contributed by atoms with Crippen LogP contribution in [0.5, 0.6) is 0 Å². The van der Waals surface area contributed by atoms with Crippen LogP contribution < -0.4 is 0 Å². The summed E-state index contributed by atoms with van der Waals surface area (Å²) >= 11 is 0. The number of nitrogens with one attached hydrogen (secondary N) is 1. The van der Waals surface area contributed by atoms with Crippen LogP contribution in [0.1, 0.15) is 20.8 Å². The highest BCUT2D eigenvalue weighted by molar-refractivity contribution is 6.10. The monoisotopic (exact) mass is 230 g/mol. The van der Waals surface area contributed by atoms with Crippen molar-refractivity contribution < 1.29 is 9.53 Å². The van der Waals surface area contributed by atoms with Crippen LogP contribution in [0.4, 0.5) is 4.79 Å². The summed E-state index contributed by atoms with van der Waals surface area (Å²) in [5.41, 5.74) is 1.64. The van der Waals surface area contributed by atoms with Gasteiger partial charge in [-0.2, -0.15) is 0 Å². The van der Waals surface area contributed by atoms with E-state index >= 15 is 0 Å². The maximum absolute atomic E-state index is 11.9. The molecule has 0 amide bonds. The highest BCUT2D eigenvalue weighted by Crippen LogP contribution is 2.28. The summed E-state index contributed by atoms with van der Waals surface area (Å²) in [6.45, 7) is 5.58. The van der Waals surface area contributed by atoms with Crippen molar-refractivity contribution in [2.45, 2.75) is 26.4 Å². The lowest BCUT2D eigenvalue weighted by Crippen LogP contribution is -2.26. The summed E-state index contributed by atoms with van der Waals surface area (Å²) < 4.78 is 6.82. The second-order valence-electron chi connectivity index (χ2n) is 5.26. The Morgan fingerprint density at radius 3 is 2.18 bits per heavy atom. The molecule has 0 radical (unpaired) electrons. The first-order valence-corrected chi connectivity index (χ1v) is 5.59. The summed E-state index contributed by atoms with van der Waals surface area (Å²) in [5.74, 6) is 0. The molecule has 0 aliphatic rings. The third-order valence-corrected chi connectivity index (χ3v) is 2.70. The quantitative estimate of drug-likeness (QED) is 0.643. The van der Waals surface area contributed by atoms with Crippen molar-refractivity contribution in [1.29, 1.82) is 0 Å². The fourth-order valence-corrected chi connectivity index (χ4v) is 2.01. The highest BCUT2D eigenvalue weighted by atomic mass is 16.6. The van der Waals surface area contributed by atoms with E-state index in [1.165, 1.54) is 4.57 Å². The summed E-state index contributed by atoms with van der Waals surface area (Å²) in [6, 6.07) is 4.02. The number of aromatic amines is 1. The van der Waals surface area contributed by atoms with Gasteiger partial charge in [0, 0.05) is 34.2 Å². The van der Waals surface area contributed by atoms with E-state index in [4.69, 9.17) is 4.74 Å². The van der Waals surface area contributed by atoms with Gasteiger partial charge in [0.2, 0.25) is 0 Å². The van der Waals surface area contributed by atoms with Crippen molar-refractivity contribution in [1.82, 2.24) is 9.55 Å². The van der Waals surface area contributed by atoms with Gasteiger partial charge in [-0.1, -0.05) is 0 Å². The van der Waals surface area contributed by atoms with Crippen molar-refractivity contribution in [3.05, 3.63) is 24.5 Å². The normalized spacial score (nSPS) is 12.6. The van der Waals surface area contributed by atoms with Crippen LogP contribution >= 0.6 is 0 Å². The van der Waals surface area contributed by atoms with Crippen molar-refractivity contribution in [3.63, 3.8) is 0 Å². The first kappa shape index (κ1) is 10.2. The van der Waals surface area contributed by atoms with Gasteiger partial charge in [0.05, 0.1) is 0 Å². The first-order chi connectivity index (χ1) is 7.94. The third kappa shape index (κ3) is 1.56. The standard InChI is InChI=1S/C13H14N2O2/c1-13(2,3)17-12(16)15-6-8-9(7-15)11-5-4-10(8)14-11/h4-7,14H,1-3H3. The Kier molecular flexibility index (Phi) is 1.82. The topological polar surface area (TPSA) is 47.0 Å². The molecule has 0 unspecified atom stereocenters. The number of carbonyl (C=O) groups excluding carboxylic acids is 1. The van der Waals surface area contributed by atoms with E-state index in [0.29, 0.717) is 0 Å². The minimum Gasteiger partial charge on any atom is -0.443 e. The predicted molar refractivity (Wildman–Crippen MR) is 66.6 cm³/mol. The van der Waals surface area contributed by atoms with E-state index in [1.807, 2.05) is 45.3 Å². The van der Waals surface area contributed by atoms with Gasteiger partial charge in [-0.15, -0.1) is 0 Å². The lowest BCUT2D eigenvalue weighted by molar-refractivity contribution is 0.0538. The van der Waals surface area contributed by atoms with Crippen LogP contribution in [0.3, 0.4) is 0 Å². The Bertz CT molecular complexity index is 642. The van der Waals surface area contributed by atoms with Gasteiger partial charge in [0.1, 0.15) is 5.60 Å².